The first-order chi connectivity index (χ1) is 11.4. The van der Waals surface area contributed by atoms with Gasteiger partial charge in [-0.15, -0.1) is 0 Å². The minimum Gasteiger partial charge on any atom is -0.355 e. The summed E-state index contributed by atoms with van der Waals surface area (Å²) in [4.78, 5) is 19.3. The fraction of sp³-hybridized carbons (Fsp3) is 0.562. The Morgan fingerprint density at radius 1 is 1.54 bits per heavy atom. The van der Waals surface area contributed by atoms with Gasteiger partial charge in [0, 0.05) is 25.8 Å². The van der Waals surface area contributed by atoms with Crippen LogP contribution in [0.15, 0.2) is 18.3 Å². The van der Waals surface area contributed by atoms with E-state index < -0.39 is 24.5 Å². The molecule has 5 nitrogen and oxygen atoms in total. The average molecular weight is 340 g/mol. The number of carbonyl (C=O) groups excluding carboxylic acids is 1. The molecule has 1 atom stereocenters. The molecule has 0 saturated carbocycles. The smallest absolute Gasteiger partial charge is 0.355 e. The molecule has 0 N–H and O–H groups in total. The van der Waals surface area contributed by atoms with E-state index >= 15 is 0 Å². The summed E-state index contributed by atoms with van der Waals surface area (Å²) in [7, 11) is 0. The molecular formula is C16H19F3N4O. The highest BCUT2D eigenvalue weighted by Crippen LogP contribution is 2.26. The molecule has 1 unspecified atom stereocenters. The van der Waals surface area contributed by atoms with Crippen LogP contribution in [0.2, 0.25) is 0 Å². The Morgan fingerprint density at radius 3 is 2.92 bits per heavy atom. The van der Waals surface area contributed by atoms with Gasteiger partial charge in [0.05, 0.1) is 11.5 Å². The molecule has 2 rings (SSSR count). The molecule has 130 valence electrons. The number of rotatable bonds is 4. The third-order valence-corrected chi connectivity index (χ3v) is 4.04. The number of anilines is 1. The molecule has 1 fully saturated rings. The molecule has 1 amide bonds. The number of hydrogen-bond acceptors (Lipinski definition) is 4. The number of amides is 1. The summed E-state index contributed by atoms with van der Waals surface area (Å²) in [6.45, 7) is 1.23. The molecule has 2 heterocycles. The highest BCUT2D eigenvalue weighted by atomic mass is 19.4. The van der Waals surface area contributed by atoms with Gasteiger partial charge in [0.1, 0.15) is 18.4 Å². The summed E-state index contributed by atoms with van der Waals surface area (Å²) < 4.78 is 37.8. The van der Waals surface area contributed by atoms with E-state index in [9.17, 15) is 18.0 Å². The summed E-state index contributed by atoms with van der Waals surface area (Å²) in [5.74, 6) is -0.528. The standard InChI is InChI=1S/C16H19F3N4O/c1-2-22(11-16(17,18)19)15(24)13-6-4-8-23(10-13)14-12(9-20)5-3-7-21-14/h3,5,7,13H,2,4,6,8,10-11H2,1H3. The van der Waals surface area contributed by atoms with Crippen molar-refractivity contribution in [2.45, 2.75) is 25.9 Å². The van der Waals surface area contributed by atoms with E-state index in [-0.39, 0.29) is 13.1 Å². The number of piperidine rings is 1. The Hall–Kier alpha value is -2.30. The summed E-state index contributed by atoms with van der Waals surface area (Å²) in [5.41, 5.74) is 0.397. The normalized spacial score (nSPS) is 18.1. The largest absolute Gasteiger partial charge is 0.406 e. The lowest BCUT2D eigenvalue weighted by Gasteiger charge is -2.35. The lowest BCUT2D eigenvalue weighted by Crippen LogP contribution is -2.47. The first-order valence-electron chi connectivity index (χ1n) is 7.81. The molecule has 1 saturated heterocycles. The summed E-state index contributed by atoms with van der Waals surface area (Å²) in [6, 6.07) is 5.34. The van der Waals surface area contributed by atoms with Gasteiger partial charge in [-0.1, -0.05) is 0 Å². The third kappa shape index (κ3) is 4.37. The number of alkyl halides is 3. The highest BCUT2D eigenvalue weighted by Gasteiger charge is 2.36. The summed E-state index contributed by atoms with van der Waals surface area (Å²) in [5, 5.41) is 9.16. The molecule has 0 radical (unpaired) electrons. The third-order valence-electron chi connectivity index (χ3n) is 4.04. The van der Waals surface area contributed by atoms with Gasteiger partial charge in [-0.3, -0.25) is 4.79 Å². The van der Waals surface area contributed by atoms with Crippen LogP contribution < -0.4 is 4.90 Å². The zero-order valence-electron chi connectivity index (χ0n) is 13.4. The minimum absolute atomic E-state index is 0.0157. The molecule has 0 aromatic carbocycles. The zero-order chi connectivity index (χ0) is 17.7. The molecule has 1 aliphatic heterocycles. The van der Waals surface area contributed by atoms with Crippen molar-refractivity contribution < 1.29 is 18.0 Å². The van der Waals surface area contributed by atoms with Crippen molar-refractivity contribution in [2.24, 2.45) is 5.92 Å². The van der Waals surface area contributed by atoms with E-state index in [2.05, 4.69) is 11.1 Å². The summed E-state index contributed by atoms with van der Waals surface area (Å²) in [6.07, 6.45) is -1.64. The van der Waals surface area contributed by atoms with Gasteiger partial charge < -0.3 is 9.80 Å². The Labute approximate surface area is 138 Å². The fourth-order valence-corrected chi connectivity index (χ4v) is 2.93. The molecule has 0 spiro atoms. The van der Waals surface area contributed by atoms with Crippen LogP contribution >= 0.6 is 0 Å². The van der Waals surface area contributed by atoms with Gasteiger partial charge in [0.15, 0.2) is 0 Å². The van der Waals surface area contributed by atoms with Gasteiger partial charge in [-0.2, -0.15) is 18.4 Å². The maximum Gasteiger partial charge on any atom is 0.406 e. The Balaban J connectivity index is 2.12. The lowest BCUT2D eigenvalue weighted by atomic mass is 9.96. The molecule has 1 aliphatic rings. The van der Waals surface area contributed by atoms with Gasteiger partial charge in [-0.05, 0) is 31.9 Å². The molecule has 0 bridgehead atoms. The van der Waals surface area contributed by atoms with Crippen LogP contribution in [0.1, 0.15) is 25.3 Å². The SMILES string of the molecule is CCN(CC(F)(F)F)C(=O)C1CCCN(c2ncccc2C#N)C1. The van der Waals surface area contributed by atoms with Crippen LogP contribution in [0.3, 0.4) is 0 Å². The summed E-state index contributed by atoms with van der Waals surface area (Å²) >= 11 is 0. The fourth-order valence-electron chi connectivity index (χ4n) is 2.93. The minimum atomic E-state index is -4.41. The van der Waals surface area contributed by atoms with Crippen molar-refractivity contribution in [3.8, 4) is 6.07 Å². The Morgan fingerprint density at radius 2 is 2.29 bits per heavy atom. The van der Waals surface area contributed by atoms with Crippen molar-refractivity contribution >= 4 is 11.7 Å². The van der Waals surface area contributed by atoms with Crippen molar-refractivity contribution in [3.63, 3.8) is 0 Å². The van der Waals surface area contributed by atoms with Gasteiger partial charge in [0.2, 0.25) is 5.91 Å². The van der Waals surface area contributed by atoms with Crippen LogP contribution in [-0.2, 0) is 4.79 Å². The molecule has 1 aromatic heterocycles. The number of nitrogens with zero attached hydrogens (tertiary/aromatic N) is 4. The van der Waals surface area contributed by atoms with Crippen molar-refractivity contribution in [1.82, 2.24) is 9.88 Å². The van der Waals surface area contributed by atoms with E-state index in [1.54, 1.807) is 18.3 Å². The zero-order valence-corrected chi connectivity index (χ0v) is 13.4. The van der Waals surface area contributed by atoms with E-state index in [1.807, 2.05) is 4.90 Å². The second kappa shape index (κ2) is 7.51. The van der Waals surface area contributed by atoms with Crippen molar-refractivity contribution in [2.75, 3.05) is 31.1 Å². The molecule has 0 aliphatic carbocycles. The predicted molar refractivity (Wildman–Crippen MR) is 82.2 cm³/mol. The quantitative estimate of drug-likeness (QED) is 0.845. The number of nitriles is 1. The molecular weight excluding hydrogens is 321 g/mol. The monoisotopic (exact) mass is 340 g/mol. The van der Waals surface area contributed by atoms with E-state index in [0.29, 0.717) is 30.8 Å². The van der Waals surface area contributed by atoms with Crippen LogP contribution in [0.5, 0.6) is 0 Å². The number of pyridine rings is 1. The maximum absolute atomic E-state index is 12.6. The van der Waals surface area contributed by atoms with Crippen molar-refractivity contribution in [3.05, 3.63) is 23.9 Å². The first kappa shape index (κ1) is 18.0. The Bertz CT molecular complexity index is 626. The number of hydrogen-bond donors (Lipinski definition) is 0. The average Bonchev–Trinajstić information content (AvgIpc) is 2.58. The maximum atomic E-state index is 12.6. The van der Waals surface area contributed by atoms with Gasteiger partial charge in [-0.25, -0.2) is 4.98 Å². The first-order valence-corrected chi connectivity index (χ1v) is 7.81. The number of carbonyl (C=O) groups is 1. The van der Waals surface area contributed by atoms with Gasteiger partial charge >= 0.3 is 6.18 Å². The number of aromatic nitrogens is 1. The molecule has 8 heteroatoms. The number of halogens is 3. The second-order valence-electron chi connectivity index (χ2n) is 5.74. The van der Waals surface area contributed by atoms with E-state index in [1.165, 1.54) is 6.92 Å². The van der Waals surface area contributed by atoms with Crippen LogP contribution in [0.4, 0.5) is 19.0 Å². The van der Waals surface area contributed by atoms with E-state index in [4.69, 9.17) is 5.26 Å². The van der Waals surface area contributed by atoms with E-state index in [0.717, 1.165) is 4.90 Å². The van der Waals surface area contributed by atoms with Crippen LogP contribution in [0, 0.1) is 17.2 Å². The lowest BCUT2D eigenvalue weighted by molar-refractivity contribution is -0.163. The van der Waals surface area contributed by atoms with Crippen LogP contribution in [-0.4, -0.2) is 48.1 Å². The highest BCUT2D eigenvalue weighted by molar-refractivity contribution is 5.80. The molecule has 24 heavy (non-hydrogen) atoms. The predicted octanol–water partition coefficient (Wildman–Crippen LogP) is 2.58. The topological polar surface area (TPSA) is 60.2 Å². The van der Waals surface area contributed by atoms with Crippen molar-refractivity contribution in [1.29, 1.82) is 5.26 Å². The molecule has 1 aromatic rings. The van der Waals surface area contributed by atoms with Gasteiger partial charge in [0.25, 0.3) is 0 Å². The van der Waals surface area contributed by atoms with Crippen LogP contribution in [0.25, 0.3) is 0 Å². The Kier molecular flexibility index (Phi) is 5.65. The second-order valence-corrected chi connectivity index (χ2v) is 5.74.